The molecule has 0 saturated heterocycles. The molecule has 7 nitrogen and oxygen atoms in total. The summed E-state index contributed by atoms with van der Waals surface area (Å²) in [5, 5.41) is 12.4. The zero-order valence-corrected chi connectivity index (χ0v) is 14.8. The molecule has 2 amide bonds. The van der Waals surface area contributed by atoms with Crippen LogP contribution in [0.2, 0.25) is 0 Å². The molecule has 1 atom stereocenters. The number of furan rings is 1. The van der Waals surface area contributed by atoms with E-state index in [0.717, 1.165) is 5.39 Å². The Morgan fingerprint density at radius 2 is 1.85 bits per heavy atom. The fraction of sp³-hybridized carbons (Fsp3) is 0.200. The number of carbonyl (C=O) groups excluding carboxylic acids is 2. The normalized spacial score (nSPS) is 11.8. The third kappa shape index (κ3) is 4.45. The number of amides is 2. The van der Waals surface area contributed by atoms with Gasteiger partial charge in [0.1, 0.15) is 17.9 Å². The van der Waals surface area contributed by atoms with Crippen LogP contribution < -0.4 is 15.5 Å². The number of hydrogen-bond donors (Lipinski definition) is 3. The van der Waals surface area contributed by atoms with E-state index in [2.05, 4.69) is 5.32 Å². The predicted octanol–water partition coefficient (Wildman–Crippen LogP) is 3.14. The molecule has 140 valence electrons. The van der Waals surface area contributed by atoms with Crippen LogP contribution in [0.15, 0.2) is 59.0 Å². The standard InChI is InChI=1S/C20H20N2O5/c1-2-15(12-26-16-9-7-13(8-10-16)19(23)22-25)21-20(24)18-11-14-5-3-4-6-17(14)27-18/h3-11,15,25H,2,12H2,1H3,(H,21,24)(H,22,23)/t15-/m1/s1. The average Bonchev–Trinajstić information content (AvgIpc) is 3.15. The smallest absolute Gasteiger partial charge is 0.287 e. The van der Waals surface area contributed by atoms with Gasteiger partial charge in [0.05, 0.1) is 6.04 Å². The van der Waals surface area contributed by atoms with Gasteiger partial charge in [0.2, 0.25) is 0 Å². The number of ether oxygens (including phenoxy) is 1. The second kappa shape index (κ2) is 8.37. The first kappa shape index (κ1) is 18.5. The van der Waals surface area contributed by atoms with Crippen LogP contribution in [-0.4, -0.2) is 29.7 Å². The van der Waals surface area contributed by atoms with Crippen molar-refractivity contribution in [1.82, 2.24) is 10.8 Å². The van der Waals surface area contributed by atoms with Crippen LogP contribution >= 0.6 is 0 Å². The highest BCUT2D eigenvalue weighted by atomic mass is 16.5. The Hall–Kier alpha value is -3.32. The lowest BCUT2D eigenvalue weighted by Gasteiger charge is -2.17. The van der Waals surface area contributed by atoms with Gasteiger partial charge in [-0.3, -0.25) is 14.8 Å². The Kier molecular flexibility index (Phi) is 5.73. The van der Waals surface area contributed by atoms with E-state index in [1.54, 1.807) is 23.7 Å². The quantitative estimate of drug-likeness (QED) is 0.439. The maximum Gasteiger partial charge on any atom is 0.287 e. The van der Waals surface area contributed by atoms with Crippen LogP contribution in [0.25, 0.3) is 11.0 Å². The van der Waals surface area contributed by atoms with Crippen molar-refractivity contribution < 1.29 is 24.0 Å². The first-order valence-electron chi connectivity index (χ1n) is 8.57. The van der Waals surface area contributed by atoms with Gasteiger partial charge in [0.25, 0.3) is 11.8 Å². The second-order valence-corrected chi connectivity index (χ2v) is 6.00. The summed E-state index contributed by atoms with van der Waals surface area (Å²) in [6.07, 6.45) is 0.678. The van der Waals surface area contributed by atoms with Crippen molar-refractivity contribution >= 4 is 22.8 Å². The van der Waals surface area contributed by atoms with Gasteiger partial charge in [0.15, 0.2) is 5.76 Å². The van der Waals surface area contributed by atoms with Crippen molar-refractivity contribution in [2.75, 3.05) is 6.61 Å². The minimum absolute atomic E-state index is 0.203. The fourth-order valence-corrected chi connectivity index (χ4v) is 2.58. The van der Waals surface area contributed by atoms with Crippen LogP contribution in [-0.2, 0) is 0 Å². The largest absolute Gasteiger partial charge is 0.491 e. The molecule has 0 aliphatic heterocycles. The van der Waals surface area contributed by atoms with Gasteiger partial charge < -0.3 is 14.5 Å². The van der Waals surface area contributed by atoms with E-state index >= 15 is 0 Å². The molecule has 0 aliphatic rings. The third-order valence-electron chi connectivity index (χ3n) is 4.15. The summed E-state index contributed by atoms with van der Waals surface area (Å²) < 4.78 is 11.3. The molecule has 0 unspecified atom stereocenters. The van der Waals surface area contributed by atoms with Crippen molar-refractivity contribution in [3.63, 3.8) is 0 Å². The summed E-state index contributed by atoms with van der Waals surface area (Å²) in [6.45, 7) is 2.22. The molecule has 0 saturated carbocycles. The average molecular weight is 368 g/mol. The van der Waals surface area contributed by atoms with Gasteiger partial charge in [-0.15, -0.1) is 0 Å². The first-order chi connectivity index (χ1) is 13.1. The minimum Gasteiger partial charge on any atom is -0.491 e. The fourth-order valence-electron chi connectivity index (χ4n) is 2.58. The molecule has 3 aromatic rings. The maximum absolute atomic E-state index is 12.4. The van der Waals surface area contributed by atoms with Crippen LogP contribution in [0.4, 0.5) is 0 Å². The molecule has 1 aromatic heterocycles. The molecule has 0 aliphatic carbocycles. The summed E-state index contributed by atoms with van der Waals surface area (Å²) in [5.74, 6) is -0.0716. The number of para-hydroxylation sites is 1. The molecule has 7 heteroatoms. The zero-order chi connectivity index (χ0) is 19.2. The van der Waals surface area contributed by atoms with Crippen molar-refractivity contribution in [3.8, 4) is 5.75 Å². The molecular weight excluding hydrogens is 348 g/mol. The second-order valence-electron chi connectivity index (χ2n) is 6.00. The van der Waals surface area contributed by atoms with E-state index in [4.69, 9.17) is 14.4 Å². The van der Waals surface area contributed by atoms with Gasteiger partial charge in [-0.25, -0.2) is 5.48 Å². The Balaban J connectivity index is 1.58. The summed E-state index contributed by atoms with van der Waals surface area (Å²) in [5.41, 5.74) is 2.55. The number of carbonyl (C=O) groups is 2. The van der Waals surface area contributed by atoms with Gasteiger partial charge in [0, 0.05) is 10.9 Å². The number of hydroxylamine groups is 1. The zero-order valence-electron chi connectivity index (χ0n) is 14.8. The topological polar surface area (TPSA) is 101 Å². The lowest BCUT2D eigenvalue weighted by molar-refractivity contribution is 0.0706. The highest BCUT2D eigenvalue weighted by Gasteiger charge is 2.17. The minimum atomic E-state index is -0.592. The molecule has 27 heavy (non-hydrogen) atoms. The highest BCUT2D eigenvalue weighted by molar-refractivity contribution is 5.96. The van der Waals surface area contributed by atoms with Crippen LogP contribution in [0.1, 0.15) is 34.3 Å². The van der Waals surface area contributed by atoms with Gasteiger partial charge in [-0.05, 0) is 42.8 Å². The van der Waals surface area contributed by atoms with Crippen LogP contribution in [0, 0.1) is 0 Å². The van der Waals surface area contributed by atoms with Gasteiger partial charge in [-0.1, -0.05) is 25.1 Å². The lowest BCUT2D eigenvalue weighted by Crippen LogP contribution is -2.38. The molecule has 0 bridgehead atoms. The van der Waals surface area contributed by atoms with Crippen molar-refractivity contribution in [1.29, 1.82) is 0 Å². The SMILES string of the molecule is CC[C@H](COc1ccc(C(=O)NO)cc1)NC(=O)c1cc2ccccc2o1. The molecule has 0 spiro atoms. The monoisotopic (exact) mass is 368 g/mol. The summed E-state index contributed by atoms with van der Waals surface area (Å²) in [4.78, 5) is 23.7. The molecule has 0 fully saturated rings. The van der Waals surface area contributed by atoms with Crippen LogP contribution in [0.3, 0.4) is 0 Å². The first-order valence-corrected chi connectivity index (χ1v) is 8.57. The molecule has 3 rings (SSSR count). The van der Waals surface area contributed by atoms with Gasteiger partial charge >= 0.3 is 0 Å². The third-order valence-corrected chi connectivity index (χ3v) is 4.15. The summed E-state index contributed by atoms with van der Waals surface area (Å²) in [6, 6.07) is 15.3. The molecule has 2 aromatic carbocycles. The highest BCUT2D eigenvalue weighted by Crippen LogP contribution is 2.19. The van der Waals surface area contributed by atoms with E-state index < -0.39 is 5.91 Å². The van der Waals surface area contributed by atoms with E-state index in [-0.39, 0.29) is 24.3 Å². The summed E-state index contributed by atoms with van der Waals surface area (Å²) in [7, 11) is 0. The number of fused-ring (bicyclic) bond motifs is 1. The Bertz CT molecular complexity index is 900. The van der Waals surface area contributed by atoms with Gasteiger partial charge in [-0.2, -0.15) is 0 Å². The molecule has 0 radical (unpaired) electrons. The number of benzene rings is 2. The lowest BCUT2D eigenvalue weighted by atomic mass is 10.2. The summed E-state index contributed by atoms with van der Waals surface area (Å²) >= 11 is 0. The van der Waals surface area contributed by atoms with Crippen molar-refractivity contribution in [2.24, 2.45) is 0 Å². The molecule has 1 heterocycles. The Labute approximate surface area is 155 Å². The number of rotatable bonds is 7. The Morgan fingerprint density at radius 1 is 1.11 bits per heavy atom. The van der Waals surface area contributed by atoms with E-state index in [1.807, 2.05) is 31.2 Å². The Morgan fingerprint density at radius 3 is 2.52 bits per heavy atom. The maximum atomic E-state index is 12.4. The van der Waals surface area contributed by atoms with E-state index in [1.165, 1.54) is 12.1 Å². The molecule has 3 N–H and O–H groups in total. The van der Waals surface area contributed by atoms with Crippen molar-refractivity contribution in [2.45, 2.75) is 19.4 Å². The molecular formula is C20H20N2O5. The van der Waals surface area contributed by atoms with E-state index in [9.17, 15) is 9.59 Å². The van der Waals surface area contributed by atoms with Crippen LogP contribution in [0.5, 0.6) is 5.75 Å². The number of hydrogen-bond acceptors (Lipinski definition) is 5. The van der Waals surface area contributed by atoms with Crippen molar-refractivity contribution in [3.05, 3.63) is 65.9 Å². The predicted molar refractivity (Wildman–Crippen MR) is 98.9 cm³/mol. The van der Waals surface area contributed by atoms with E-state index in [0.29, 0.717) is 23.3 Å². The number of nitrogens with one attached hydrogen (secondary N) is 2.